The SMILES string of the molecule is COC(=O)c1cc(OC)c(OC)cc1NC(=O)C1CCN(Cc2ccc(Cl)c(Cl)c2)CC1. The topological polar surface area (TPSA) is 77.1 Å². The number of hydrogen-bond donors (Lipinski definition) is 1. The molecular formula is C23H26Cl2N2O5. The van der Waals surface area contributed by atoms with E-state index < -0.39 is 5.97 Å². The minimum atomic E-state index is -0.572. The Balaban J connectivity index is 1.65. The molecule has 1 saturated heterocycles. The first-order valence-electron chi connectivity index (χ1n) is 10.2. The first kappa shape index (κ1) is 24.2. The molecule has 1 amide bonds. The third kappa shape index (κ3) is 5.65. The quantitative estimate of drug-likeness (QED) is 0.581. The number of likely N-dealkylation sites (tertiary alicyclic amines) is 1. The number of benzene rings is 2. The molecule has 7 nitrogen and oxygen atoms in total. The van der Waals surface area contributed by atoms with Crippen molar-refractivity contribution in [2.45, 2.75) is 19.4 Å². The summed E-state index contributed by atoms with van der Waals surface area (Å²) in [7, 11) is 4.25. The zero-order chi connectivity index (χ0) is 23.3. The molecule has 3 rings (SSSR count). The van der Waals surface area contributed by atoms with Gasteiger partial charge in [-0.15, -0.1) is 0 Å². The summed E-state index contributed by atoms with van der Waals surface area (Å²) in [6.07, 6.45) is 1.40. The number of anilines is 1. The molecule has 1 aliphatic heterocycles. The van der Waals surface area contributed by atoms with Gasteiger partial charge in [-0.1, -0.05) is 29.3 Å². The highest BCUT2D eigenvalue weighted by molar-refractivity contribution is 6.42. The number of halogens is 2. The Hall–Kier alpha value is -2.48. The molecule has 9 heteroatoms. The summed E-state index contributed by atoms with van der Waals surface area (Å²) in [6.45, 7) is 2.29. The van der Waals surface area contributed by atoms with Crippen LogP contribution in [0.25, 0.3) is 0 Å². The molecule has 1 fully saturated rings. The molecule has 172 valence electrons. The maximum atomic E-state index is 12.9. The van der Waals surface area contributed by atoms with E-state index in [9.17, 15) is 9.59 Å². The van der Waals surface area contributed by atoms with Crippen molar-refractivity contribution >= 4 is 40.8 Å². The Morgan fingerprint density at radius 2 is 1.66 bits per heavy atom. The van der Waals surface area contributed by atoms with Crippen LogP contribution in [0.5, 0.6) is 11.5 Å². The van der Waals surface area contributed by atoms with E-state index in [-0.39, 0.29) is 17.4 Å². The number of esters is 1. The van der Waals surface area contributed by atoms with Gasteiger partial charge >= 0.3 is 5.97 Å². The van der Waals surface area contributed by atoms with Crippen molar-refractivity contribution in [3.63, 3.8) is 0 Å². The Kier molecular flexibility index (Phi) is 8.23. The highest BCUT2D eigenvalue weighted by atomic mass is 35.5. The monoisotopic (exact) mass is 480 g/mol. The lowest BCUT2D eigenvalue weighted by Crippen LogP contribution is -2.38. The van der Waals surface area contributed by atoms with Gasteiger partial charge in [0.25, 0.3) is 0 Å². The lowest BCUT2D eigenvalue weighted by Gasteiger charge is -2.31. The smallest absolute Gasteiger partial charge is 0.340 e. The number of nitrogens with one attached hydrogen (secondary N) is 1. The fraction of sp³-hybridized carbons (Fsp3) is 0.391. The van der Waals surface area contributed by atoms with Crippen LogP contribution in [0, 0.1) is 5.92 Å². The number of piperidine rings is 1. The van der Waals surface area contributed by atoms with E-state index in [1.165, 1.54) is 27.4 Å². The summed E-state index contributed by atoms with van der Waals surface area (Å²) >= 11 is 12.1. The third-order valence-electron chi connectivity index (χ3n) is 5.54. The summed E-state index contributed by atoms with van der Waals surface area (Å²) in [5.41, 5.74) is 1.61. The number of nitrogens with zero attached hydrogens (tertiary/aromatic N) is 1. The largest absolute Gasteiger partial charge is 0.493 e. The lowest BCUT2D eigenvalue weighted by molar-refractivity contribution is -0.121. The number of hydrogen-bond acceptors (Lipinski definition) is 6. The molecule has 0 aliphatic carbocycles. The molecule has 1 N–H and O–H groups in total. The normalized spacial score (nSPS) is 14.7. The van der Waals surface area contributed by atoms with Crippen LogP contribution in [0.4, 0.5) is 5.69 Å². The van der Waals surface area contributed by atoms with Crippen molar-refractivity contribution in [3.8, 4) is 11.5 Å². The van der Waals surface area contributed by atoms with Crippen molar-refractivity contribution in [2.24, 2.45) is 5.92 Å². The van der Waals surface area contributed by atoms with E-state index in [1.807, 2.05) is 12.1 Å². The van der Waals surface area contributed by atoms with Gasteiger partial charge in [0.2, 0.25) is 5.91 Å². The highest BCUT2D eigenvalue weighted by Crippen LogP contribution is 2.34. The summed E-state index contributed by atoms with van der Waals surface area (Å²) < 4.78 is 15.4. The fourth-order valence-corrected chi connectivity index (χ4v) is 4.07. The van der Waals surface area contributed by atoms with Crippen LogP contribution in [-0.4, -0.2) is 51.2 Å². The maximum Gasteiger partial charge on any atom is 0.340 e. The molecule has 1 aliphatic rings. The fourth-order valence-electron chi connectivity index (χ4n) is 3.75. The van der Waals surface area contributed by atoms with Gasteiger partial charge in [0.05, 0.1) is 42.6 Å². The zero-order valence-electron chi connectivity index (χ0n) is 18.2. The Morgan fingerprint density at radius 3 is 2.25 bits per heavy atom. The number of carbonyl (C=O) groups excluding carboxylic acids is 2. The summed E-state index contributed by atoms with van der Waals surface area (Å²) in [6, 6.07) is 8.69. The molecule has 0 unspecified atom stereocenters. The van der Waals surface area contributed by atoms with Crippen molar-refractivity contribution in [1.29, 1.82) is 0 Å². The summed E-state index contributed by atoms with van der Waals surface area (Å²) in [5, 5.41) is 3.95. The maximum absolute atomic E-state index is 12.9. The summed E-state index contributed by atoms with van der Waals surface area (Å²) in [5.74, 6) is -0.0960. The average molecular weight is 481 g/mol. The van der Waals surface area contributed by atoms with E-state index >= 15 is 0 Å². The van der Waals surface area contributed by atoms with Gasteiger partial charge < -0.3 is 19.5 Å². The van der Waals surface area contributed by atoms with Gasteiger partial charge in [0, 0.05) is 24.6 Å². The van der Waals surface area contributed by atoms with Crippen LogP contribution in [-0.2, 0) is 16.1 Å². The van der Waals surface area contributed by atoms with Gasteiger partial charge in [0.15, 0.2) is 11.5 Å². The van der Waals surface area contributed by atoms with Gasteiger partial charge in [-0.2, -0.15) is 0 Å². The van der Waals surface area contributed by atoms with Crippen LogP contribution >= 0.6 is 23.2 Å². The van der Waals surface area contributed by atoms with E-state index in [4.69, 9.17) is 37.4 Å². The molecule has 2 aromatic carbocycles. The Bertz CT molecular complexity index is 991. The number of methoxy groups -OCH3 is 3. The molecule has 0 saturated carbocycles. The first-order valence-corrected chi connectivity index (χ1v) is 10.9. The van der Waals surface area contributed by atoms with Crippen LogP contribution in [0.2, 0.25) is 10.0 Å². The van der Waals surface area contributed by atoms with E-state index in [1.54, 1.807) is 12.1 Å². The zero-order valence-corrected chi connectivity index (χ0v) is 19.8. The minimum Gasteiger partial charge on any atom is -0.493 e. The van der Waals surface area contributed by atoms with Gasteiger partial charge in [0.1, 0.15) is 0 Å². The molecule has 0 spiro atoms. The average Bonchev–Trinajstić information content (AvgIpc) is 2.81. The molecule has 32 heavy (non-hydrogen) atoms. The van der Waals surface area contributed by atoms with Crippen LogP contribution < -0.4 is 14.8 Å². The molecule has 2 aromatic rings. The minimum absolute atomic E-state index is 0.142. The van der Waals surface area contributed by atoms with Crippen LogP contribution in [0.3, 0.4) is 0 Å². The van der Waals surface area contributed by atoms with Gasteiger partial charge in [-0.3, -0.25) is 9.69 Å². The van der Waals surface area contributed by atoms with Crippen molar-refractivity contribution < 1.29 is 23.8 Å². The van der Waals surface area contributed by atoms with Gasteiger partial charge in [-0.05, 0) is 43.6 Å². The third-order valence-corrected chi connectivity index (χ3v) is 6.27. The second kappa shape index (κ2) is 10.9. The van der Waals surface area contributed by atoms with Crippen molar-refractivity contribution in [1.82, 2.24) is 4.90 Å². The lowest BCUT2D eigenvalue weighted by atomic mass is 9.95. The number of amides is 1. The number of carbonyl (C=O) groups is 2. The molecule has 0 radical (unpaired) electrons. The Morgan fingerprint density at radius 1 is 1.00 bits per heavy atom. The van der Waals surface area contributed by atoms with Crippen LogP contribution in [0.1, 0.15) is 28.8 Å². The van der Waals surface area contributed by atoms with Crippen LogP contribution in [0.15, 0.2) is 30.3 Å². The first-order chi connectivity index (χ1) is 15.4. The predicted octanol–water partition coefficient (Wildman–Crippen LogP) is 4.65. The Labute approximate surface area is 197 Å². The van der Waals surface area contributed by atoms with Crippen molar-refractivity contribution in [3.05, 3.63) is 51.5 Å². The molecule has 0 bridgehead atoms. The number of ether oxygens (including phenoxy) is 3. The van der Waals surface area contributed by atoms with Gasteiger partial charge in [-0.25, -0.2) is 4.79 Å². The predicted molar refractivity (Wildman–Crippen MR) is 124 cm³/mol. The van der Waals surface area contributed by atoms with Crippen molar-refractivity contribution in [2.75, 3.05) is 39.7 Å². The second-order valence-corrected chi connectivity index (χ2v) is 8.35. The number of rotatable bonds is 7. The highest BCUT2D eigenvalue weighted by Gasteiger charge is 2.27. The van der Waals surface area contributed by atoms with E-state index in [0.717, 1.165) is 25.2 Å². The summed E-state index contributed by atoms with van der Waals surface area (Å²) in [4.78, 5) is 27.5. The second-order valence-electron chi connectivity index (χ2n) is 7.53. The standard InChI is InChI=1S/C23H26Cl2N2O5/c1-30-20-11-16(23(29)32-3)19(12-21(20)31-2)26-22(28)15-6-8-27(9-7-15)13-14-4-5-17(24)18(25)10-14/h4-5,10-12,15H,6-9,13H2,1-3H3,(H,26,28). The van der Waals surface area contributed by atoms with E-state index in [0.29, 0.717) is 40.1 Å². The van der Waals surface area contributed by atoms with E-state index in [2.05, 4.69) is 10.2 Å². The molecule has 1 heterocycles. The molecule has 0 aromatic heterocycles. The molecule has 0 atom stereocenters. The molecular weight excluding hydrogens is 455 g/mol.